The Kier molecular flexibility index (Phi) is 11.9. The number of nitrogens with one attached hydrogen (secondary N) is 1. The lowest BCUT2D eigenvalue weighted by Gasteiger charge is -2.26. The zero-order valence-electron chi connectivity index (χ0n) is 18.1. The summed E-state index contributed by atoms with van der Waals surface area (Å²) >= 11 is -2.62. The summed E-state index contributed by atoms with van der Waals surface area (Å²) in [6.07, 6.45) is 10.6. The minimum atomic E-state index is -2.62. The van der Waals surface area contributed by atoms with E-state index in [1.54, 1.807) is 0 Å². The van der Waals surface area contributed by atoms with Crippen LogP contribution >= 0.6 is 0 Å². The normalized spacial score (nSPS) is 12.9. The smallest absolute Gasteiger partial charge is 0.147 e. The summed E-state index contributed by atoms with van der Waals surface area (Å²) in [5.41, 5.74) is 8.53. The van der Waals surface area contributed by atoms with Crippen LogP contribution in [0.2, 0.25) is 0 Å². The van der Waals surface area contributed by atoms with Crippen LogP contribution in [0, 0.1) is 0 Å². The molecule has 1 aromatic rings. The molecule has 28 heavy (non-hydrogen) atoms. The van der Waals surface area contributed by atoms with Crippen molar-refractivity contribution in [3.63, 3.8) is 0 Å². The molecular weight excluding hydrogens is 372 g/mol. The van der Waals surface area contributed by atoms with Crippen LogP contribution in [-0.2, 0) is 29.7 Å². The van der Waals surface area contributed by atoms with E-state index in [2.05, 4.69) is 25.2 Å². The summed E-state index contributed by atoms with van der Waals surface area (Å²) in [5, 5.41) is 3.29. The summed E-state index contributed by atoms with van der Waals surface area (Å²) in [5.74, 6) is 0.391. The molecule has 0 aliphatic rings. The Balaban J connectivity index is 2.94. The Morgan fingerprint density at radius 3 is 2.29 bits per heavy atom. The summed E-state index contributed by atoms with van der Waals surface area (Å²) < 4.78 is 27.7. The van der Waals surface area contributed by atoms with Gasteiger partial charge in [-0.2, -0.15) is 0 Å². The maximum atomic E-state index is 11.3. The van der Waals surface area contributed by atoms with Crippen LogP contribution in [0.5, 0.6) is 5.75 Å². The van der Waals surface area contributed by atoms with E-state index in [4.69, 9.17) is 9.92 Å². The van der Waals surface area contributed by atoms with E-state index in [1.165, 1.54) is 44.1 Å². The highest BCUT2D eigenvalue weighted by molar-refractivity contribution is 7.74. The van der Waals surface area contributed by atoms with Crippen LogP contribution in [0.1, 0.15) is 89.3 Å². The third-order valence-corrected chi connectivity index (χ3v) is 5.26. The SMILES string of the molecule is CCCCCCCCCc1cc(CCNCC)c(OS(=O)[O-])c(C(C)(C)N)c1. The van der Waals surface area contributed by atoms with E-state index in [0.29, 0.717) is 12.2 Å². The van der Waals surface area contributed by atoms with Crippen molar-refractivity contribution in [3.8, 4) is 5.75 Å². The number of likely N-dealkylation sites (N-methyl/N-ethyl adjacent to an activating group) is 1. The highest BCUT2D eigenvalue weighted by Crippen LogP contribution is 2.34. The summed E-state index contributed by atoms with van der Waals surface area (Å²) in [4.78, 5) is 0. The fraction of sp³-hybridized carbons (Fsp3) is 0.727. The Hall–Kier alpha value is -0.950. The number of unbranched alkanes of at least 4 members (excludes halogenated alkanes) is 6. The maximum Gasteiger partial charge on any atom is 0.147 e. The van der Waals surface area contributed by atoms with Crippen LogP contribution in [0.15, 0.2) is 12.1 Å². The van der Waals surface area contributed by atoms with Crippen molar-refractivity contribution in [2.75, 3.05) is 13.1 Å². The molecule has 0 aliphatic carbocycles. The van der Waals surface area contributed by atoms with Gasteiger partial charge in [0, 0.05) is 11.1 Å². The predicted octanol–water partition coefficient (Wildman–Crippen LogP) is 4.50. The van der Waals surface area contributed by atoms with Gasteiger partial charge in [0.1, 0.15) is 17.1 Å². The molecule has 162 valence electrons. The molecule has 0 heterocycles. The van der Waals surface area contributed by atoms with Gasteiger partial charge in [-0.25, -0.2) is 4.21 Å². The van der Waals surface area contributed by atoms with E-state index in [1.807, 2.05) is 19.9 Å². The average molecular weight is 412 g/mol. The molecule has 0 radical (unpaired) electrons. The van der Waals surface area contributed by atoms with Crippen molar-refractivity contribution in [2.24, 2.45) is 5.73 Å². The van der Waals surface area contributed by atoms with Gasteiger partial charge in [-0.1, -0.05) is 64.5 Å². The first-order valence-corrected chi connectivity index (χ1v) is 11.7. The first-order chi connectivity index (χ1) is 13.3. The van der Waals surface area contributed by atoms with Crippen LogP contribution in [0.3, 0.4) is 0 Å². The highest BCUT2D eigenvalue weighted by atomic mass is 32.2. The monoisotopic (exact) mass is 411 g/mol. The van der Waals surface area contributed by atoms with E-state index in [-0.39, 0.29) is 0 Å². The second-order valence-corrected chi connectivity index (χ2v) is 8.69. The van der Waals surface area contributed by atoms with Crippen molar-refractivity contribution in [1.29, 1.82) is 0 Å². The number of benzene rings is 1. The largest absolute Gasteiger partial charge is 0.740 e. The summed E-state index contributed by atoms with van der Waals surface area (Å²) in [6.45, 7) is 9.69. The van der Waals surface area contributed by atoms with Gasteiger partial charge >= 0.3 is 0 Å². The van der Waals surface area contributed by atoms with Gasteiger partial charge in [0.05, 0.1) is 0 Å². The molecule has 1 aromatic carbocycles. The first-order valence-electron chi connectivity index (χ1n) is 10.7. The molecule has 0 bridgehead atoms. The van der Waals surface area contributed by atoms with Crippen molar-refractivity contribution in [3.05, 3.63) is 28.8 Å². The number of hydrogen-bond donors (Lipinski definition) is 2. The molecule has 0 saturated carbocycles. The predicted molar refractivity (Wildman–Crippen MR) is 117 cm³/mol. The number of hydrogen-bond acceptors (Lipinski definition) is 5. The van der Waals surface area contributed by atoms with Crippen LogP contribution in [0.25, 0.3) is 0 Å². The van der Waals surface area contributed by atoms with Gasteiger partial charge in [-0.05, 0) is 57.3 Å². The number of nitrogens with two attached hydrogens (primary N) is 1. The molecule has 1 atom stereocenters. The zero-order chi connectivity index (χ0) is 21.0. The molecule has 5 nitrogen and oxygen atoms in total. The van der Waals surface area contributed by atoms with Crippen molar-refractivity contribution < 1.29 is 12.9 Å². The van der Waals surface area contributed by atoms with Crippen LogP contribution in [-0.4, -0.2) is 21.9 Å². The molecule has 0 aliphatic heterocycles. The van der Waals surface area contributed by atoms with Crippen LogP contribution < -0.4 is 15.2 Å². The lowest BCUT2D eigenvalue weighted by molar-refractivity contribution is 0.426. The second kappa shape index (κ2) is 13.3. The van der Waals surface area contributed by atoms with Crippen molar-refractivity contribution >= 4 is 11.4 Å². The van der Waals surface area contributed by atoms with Gasteiger partial charge in [-0.3, -0.25) is 0 Å². The van der Waals surface area contributed by atoms with E-state index in [9.17, 15) is 8.76 Å². The molecule has 0 saturated heterocycles. The quantitative estimate of drug-likeness (QED) is 0.328. The van der Waals surface area contributed by atoms with Gasteiger partial charge in [0.2, 0.25) is 0 Å². The molecule has 1 rings (SSSR count). The third kappa shape index (κ3) is 9.50. The first kappa shape index (κ1) is 25.1. The third-order valence-electron chi connectivity index (χ3n) is 4.96. The molecule has 1 unspecified atom stereocenters. The van der Waals surface area contributed by atoms with Crippen molar-refractivity contribution in [1.82, 2.24) is 5.32 Å². The van der Waals surface area contributed by atoms with Crippen LogP contribution in [0.4, 0.5) is 0 Å². The highest BCUT2D eigenvalue weighted by Gasteiger charge is 2.23. The molecule has 3 N–H and O–H groups in total. The molecule has 0 spiro atoms. The Bertz CT molecular complexity index is 600. The summed E-state index contributed by atoms with van der Waals surface area (Å²) in [6, 6.07) is 4.11. The van der Waals surface area contributed by atoms with E-state index < -0.39 is 16.9 Å². The Labute approximate surface area is 174 Å². The van der Waals surface area contributed by atoms with Gasteiger partial charge in [0.15, 0.2) is 0 Å². The minimum absolute atomic E-state index is 0.391. The maximum absolute atomic E-state index is 11.3. The van der Waals surface area contributed by atoms with Gasteiger partial charge in [0.25, 0.3) is 0 Å². The molecule has 0 amide bonds. The topological polar surface area (TPSA) is 87.4 Å². The van der Waals surface area contributed by atoms with E-state index in [0.717, 1.165) is 37.1 Å². The molecule has 0 aromatic heterocycles. The lowest BCUT2D eigenvalue weighted by atomic mass is 9.88. The Morgan fingerprint density at radius 2 is 1.71 bits per heavy atom. The lowest BCUT2D eigenvalue weighted by Crippen LogP contribution is -2.30. The second-order valence-electron chi connectivity index (χ2n) is 8.12. The molecular formula is C22H39N2O3S-. The van der Waals surface area contributed by atoms with Crippen molar-refractivity contribution in [2.45, 2.75) is 91.0 Å². The molecule has 0 fully saturated rings. The number of rotatable bonds is 15. The Morgan fingerprint density at radius 1 is 1.07 bits per heavy atom. The zero-order valence-corrected chi connectivity index (χ0v) is 19.0. The standard InChI is InChI=1S/C22H40N2O3S/c1-5-7-8-9-10-11-12-13-18-16-19(14-15-24-6-2)21(27-28(25)26)20(17-18)22(3,4)23/h16-17,24H,5-15,23H2,1-4H3,(H,25,26)/p-1. The van der Waals surface area contributed by atoms with E-state index >= 15 is 0 Å². The fourth-order valence-electron chi connectivity index (χ4n) is 3.42. The summed E-state index contributed by atoms with van der Waals surface area (Å²) in [7, 11) is 0. The minimum Gasteiger partial charge on any atom is -0.740 e. The average Bonchev–Trinajstić information content (AvgIpc) is 2.61. The van der Waals surface area contributed by atoms with Gasteiger partial charge < -0.3 is 19.8 Å². The molecule has 6 heteroatoms. The fourth-order valence-corrected chi connectivity index (χ4v) is 3.75. The number of aryl methyl sites for hydroxylation is 1. The van der Waals surface area contributed by atoms with Gasteiger partial charge in [-0.15, -0.1) is 0 Å².